The van der Waals surface area contributed by atoms with Crippen LogP contribution in [0.1, 0.15) is 0 Å². The number of nitrogens with two attached hydrogens (primary N) is 1. The van der Waals surface area contributed by atoms with Crippen LogP contribution in [0.4, 0.5) is 5.82 Å². The first-order valence-corrected chi connectivity index (χ1v) is 5.21. The molecule has 0 saturated carbocycles. The summed E-state index contributed by atoms with van der Waals surface area (Å²) in [5, 5.41) is 0.637. The van der Waals surface area contributed by atoms with Crippen LogP contribution in [0.15, 0.2) is 18.3 Å². The van der Waals surface area contributed by atoms with Crippen molar-refractivity contribution in [1.29, 1.82) is 0 Å². The van der Waals surface area contributed by atoms with Gasteiger partial charge in [0.05, 0.1) is 11.6 Å². The summed E-state index contributed by atoms with van der Waals surface area (Å²) in [5.41, 5.74) is 5.53. The van der Waals surface area contributed by atoms with E-state index in [-0.39, 0.29) is 0 Å². The van der Waals surface area contributed by atoms with Crippen molar-refractivity contribution in [3.8, 4) is 0 Å². The molecule has 0 unspecified atom stereocenters. The molecule has 0 bridgehead atoms. The number of anilines is 1. The Labute approximate surface area is 95.0 Å². The van der Waals surface area contributed by atoms with Gasteiger partial charge in [0.1, 0.15) is 5.82 Å². The Morgan fingerprint density at radius 1 is 1.47 bits per heavy atom. The Bertz CT molecular complexity index is 279. The summed E-state index contributed by atoms with van der Waals surface area (Å²) in [6, 6.07) is 3.70. The smallest absolute Gasteiger partial charge is 0.128 e. The van der Waals surface area contributed by atoms with Crippen LogP contribution < -0.4 is 10.6 Å². The number of hydrogen-bond donors (Lipinski definition) is 1. The molecule has 0 spiro atoms. The van der Waals surface area contributed by atoms with E-state index in [9.17, 15) is 0 Å². The van der Waals surface area contributed by atoms with Crippen molar-refractivity contribution in [2.45, 2.75) is 0 Å². The van der Waals surface area contributed by atoms with Crippen molar-refractivity contribution >= 4 is 17.4 Å². The van der Waals surface area contributed by atoms with Crippen molar-refractivity contribution in [1.82, 2.24) is 4.98 Å². The van der Waals surface area contributed by atoms with Crippen LogP contribution in [-0.4, -0.2) is 38.3 Å². The minimum Gasteiger partial charge on any atom is -0.383 e. The van der Waals surface area contributed by atoms with E-state index < -0.39 is 0 Å². The molecule has 1 heterocycles. The zero-order valence-corrected chi connectivity index (χ0v) is 9.57. The van der Waals surface area contributed by atoms with Gasteiger partial charge in [-0.15, -0.1) is 0 Å². The van der Waals surface area contributed by atoms with Crippen LogP contribution in [0.2, 0.25) is 5.02 Å². The van der Waals surface area contributed by atoms with Crippen LogP contribution in [-0.2, 0) is 4.74 Å². The largest absolute Gasteiger partial charge is 0.383 e. The molecule has 15 heavy (non-hydrogen) atoms. The fraction of sp³-hybridized carbons (Fsp3) is 0.500. The molecule has 0 saturated heterocycles. The van der Waals surface area contributed by atoms with E-state index in [4.69, 9.17) is 22.1 Å². The average Bonchev–Trinajstić information content (AvgIpc) is 2.25. The van der Waals surface area contributed by atoms with E-state index in [0.29, 0.717) is 18.2 Å². The van der Waals surface area contributed by atoms with Gasteiger partial charge in [0.2, 0.25) is 0 Å². The zero-order valence-electron chi connectivity index (χ0n) is 8.82. The van der Waals surface area contributed by atoms with Crippen molar-refractivity contribution in [3.05, 3.63) is 23.4 Å². The molecule has 4 nitrogen and oxygen atoms in total. The molecule has 1 aromatic heterocycles. The van der Waals surface area contributed by atoms with Gasteiger partial charge in [-0.1, -0.05) is 11.6 Å². The number of halogens is 1. The highest BCUT2D eigenvalue weighted by Crippen LogP contribution is 2.13. The first-order chi connectivity index (χ1) is 7.27. The van der Waals surface area contributed by atoms with E-state index in [1.54, 1.807) is 13.3 Å². The normalized spacial score (nSPS) is 10.3. The van der Waals surface area contributed by atoms with Crippen molar-refractivity contribution < 1.29 is 4.74 Å². The molecule has 84 valence electrons. The lowest BCUT2D eigenvalue weighted by Gasteiger charge is -2.22. The van der Waals surface area contributed by atoms with Gasteiger partial charge in [-0.3, -0.25) is 0 Å². The summed E-state index contributed by atoms with van der Waals surface area (Å²) in [7, 11) is 1.68. The van der Waals surface area contributed by atoms with E-state index in [2.05, 4.69) is 9.88 Å². The van der Waals surface area contributed by atoms with E-state index in [1.165, 1.54) is 0 Å². The van der Waals surface area contributed by atoms with E-state index in [1.807, 2.05) is 12.1 Å². The topological polar surface area (TPSA) is 51.4 Å². The minimum atomic E-state index is 0.591. The van der Waals surface area contributed by atoms with E-state index >= 15 is 0 Å². The van der Waals surface area contributed by atoms with Crippen molar-refractivity contribution in [2.75, 3.05) is 38.3 Å². The van der Waals surface area contributed by atoms with Gasteiger partial charge in [-0.2, -0.15) is 0 Å². The zero-order chi connectivity index (χ0) is 11.1. The molecule has 1 aromatic rings. The second-order valence-corrected chi connectivity index (χ2v) is 3.54. The number of ether oxygens (including phenoxy) is 1. The summed E-state index contributed by atoms with van der Waals surface area (Å²) in [6.07, 6.45) is 1.63. The Morgan fingerprint density at radius 2 is 2.27 bits per heavy atom. The molecule has 0 atom stereocenters. The van der Waals surface area contributed by atoms with Crippen LogP contribution in [0.3, 0.4) is 0 Å². The molecule has 0 fully saturated rings. The molecule has 1 rings (SSSR count). The fourth-order valence-electron chi connectivity index (χ4n) is 1.25. The maximum absolute atomic E-state index is 5.77. The predicted octanol–water partition coefficient (Wildman–Crippen LogP) is 1.15. The maximum atomic E-state index is 5.77. The lowest BCUT2D eigenvalue weighted by molar-refractivity contribution is 0.205. The molecule has 0 aliphatic rings. The van der Waals surface area contributed by atoms with Gasteiger partial charge in [0.15, 0.2) is 0 Å². The highest BCUT2D eigenvalue weighted by atomic mass is 35.5. The SMILES string of the molecule is COCCN(CCN)c1ccc(Cl)cn1. The molecule has 0 aliphatic heterocycles. The third kappa shape index (κ3) is 4.03. The predicted molar refractivity (Wildman–Crippen MR) is 62.4 cm³/mol. The van der Waals surface area contributed by atoms with Crippen LogP contribution in [0.5, 0.6) is 0 Å². The first-order valence-electron chi connectivity index (χ1n) is 4.83. The number of rotatable bonds is 6. The monoisotopic (exact) mass is 229 g/mol. The molecule has 2 N–H and O–H groups in total. The molecule has 0 aliphatic carbocycles. The Hall–Kier alpha value is -0.840. The van der Waals surface area contributed by atoms with Crippen LogP contribution in [0.25, 0.3) is 0 Å². The molecule has 0 amide bonds. The average molecular weight is 230 g/mol. The van der Waals surface area contributed by atoms with Gasteiger partial charge < -0.3 is 15.4 Å². The molecule has 0 aromatic carbocycles. The van der Waals surface area contributed by atoms with Crippen LogP contribution >= 0.6 is 11.6 Å². The lowest BCUT2D eigenvalue weighted by Crippen LogP contribution is -2.32. The number of nitrogens with zero attached hydrogens (tertiary/aromatic N) is 2. The van der Waals surface area contributed by atoms with Gasteiger partial charge in [0.25, 0.3) is 0 Å². The number of aromatic nitrogens is 1. The Kier molecular flexibility index (Phi) is 5.39. The Balaban J connectivity index is 2.65. The number of methoxy groups -OCH3 is 1. The molecule has 5 heteroatoms. The number of hydrogen-bond acceptors (Lipinski definition) is 4. The number of pyridine rings is 1. The summed E-state index contributed by atoms with van der Waals surface area (Å²) in [4.78, 5) is 6.30. The fourth-order valence-corrected chi connectivity index (χ4v) is 1.37. The third-order valence-corrected chi connectivity index (χ3v) is 2.22. The molecular formula is C10H16ClN3O. The summed E-state index contributed by atoms with van der Waals surface area (Å²) >= 11 is 5.77. The van der Waals surface area contributed by atoms with Crippen LogP contribution in [0, 0.1) is 0 Å². The highest BCUT2D eigenvalue weighted by Gasteiger charge is 2.05. The second kappa shape index (κ2) is 6.61. The van der Waals surface area contributed by atoms with Crippen molar-refractivity contribution in [2.24, 2.45) is 5.73 Å². The summed E-state index contributed by atoms with van der Waals surface area (Å²) < 4.78 is 5.03. The van der Waals surface area contributed by atoms with Gasteiger partial charge in [-0.05, 0) is 12.1 Å². The van der Waals surface area contributed by atoms with Gasteiger partial charge in [-0.25, -0.2) is 4.98 Å². The first kappa shape index (κ1) is 12.2. The van der Waals surface area contributed by atoms with E-state index in [0.717, 1.165) is 18.9 Å². The maximum Gasteiger partial charge on any atom is 0.128 e. The molecular weight excluding hydrogens is 214 g/mol. The van der Waals surface area contributed by atoms with Gasteiger partial charge in [0, 0.05) is 32.9 Å². The van der Waals surface area contributed by atoms with Crippen molar-refractivity contribution in [3.63, 3.8) is 0 Å². The van der Waals surface area contributed by atoms with Gasteiger partial charge >= 0.3 is 0 Å². The minimum absolute atomic E-state index is 0.591. The summed E-state index contributed by atoms with van der Waals surface area (Å²) in [5.74, 6) is 0.877. The second-order valence-electron chi connectivity index (χ2n) is 3.10. The Morgan fingerprint density at radius 3 is 2.80 bits per heavy atom. The molecule has 0 radical (unpaired) electrons. The summed E-state index contributed by atoms with van der Waals surface area (Å²) in [6.45, 7) is 2.79. The lowest BCUT2D eigenvalue weighted by atomic mass is 10.4. The highest BCUT2D eigenvalue weighted by molar-refractivity contribution is 6.30. The quantitative estimate of drug-likeness (QED) is 0.795. The third-order valence-electron chi connectivity index (χ3n) is 2.00. The standard InChI is InChI=1S/C10H16ClN3O/c1-15-7-6-14(5-4-12)10-3-2-9(11)8-13-10/h2-3,8H,4-7,12H2,1H3.